The molecule has 2 rings (SSSR count). The van der Waals surface area contributed by atoms with Crippen LogP contribution in [0.1, 0.15) is 109 Å². The van der Waals surface area contributed by atoms with Gasteiger partial charge >= 0.3 is 0 Å². The normalized spacial score (nSPS) is 24.2. The second-order valence-corrected chi connectivity index (χ2v) is 7.73. The van der Waals surface area contributed by atoms with Crippen molar-refractivity contribution in [1.82, 2.24) is 5.32 Å². The molecule has 0 aliphatic heterocycles. The molecule has 1 amide bonds. The summed E-state index contributed by atoms with van der Waals surface area (Å²) in [7, 11) is 0. The van der Waals surface area contributed by atoms with E-state index >= 15 is 0 Å². The van der Waals surface area contributed by atoms with Crippen LogP contribution in [0.25, 0.3) is 0 Å². The maximum Gasteiger partial charge on any atom is 0.220 e. The molecule has 2 aliphatic rings. The first-order chi connectivity index (χ1) is 10.8. The second kappa shape index (κ2) is 11.1. The molecular weight excluding hydrogens is 270 g/mol. The lowest BCUT2D eigenvalue weighted by Gasteiger charge is -2.24. The van der Waals surface area contributed by atoms with E-state index in [0.29, 0.717) is 17.9 Å². The van der Waals surface area contributed by atoms with Crippen LogP contribution in [0.2, 0.25) is 0 Å². The molecule has 2 fully saturated rings. The van der Waals surface area contributed by atoms with Crippen LogP contribution in [0.15, 0.2) is 0 Å². The Balaban J connectivity index is 1.70. The first-order valence-corrected chi connectivity index (χ1v) is 10.1. The van der Waals surface area contributed by atoms with Crippen molar-refractivity contribution in [3.8, 4) is 0 Å². The summed E-state index contributed by atoms with van der Waals surface area (Å²) in [6.07, 6.45) is 22.2. The average molecular weight is 308 g/mol. The Bertz CT molecular complexity index is 284. The Labute approximate surface area is 137 Å². The second-order valence-electron chi connectivity index (χ2n) is 7.73. The number of carbonyl (C=O) groups is 1. The average Bonchev–Trinajstić information content (AvgIpc) is 2.51. The van der Waals surface area contributed by atoms with E-state index in [2.05, 4.69) is 5.32 Å². The third-order valence-corrected chi connectivity index (χ3v) is 5.67. The van der Waals surface area contributed by atoms with Gasteiger partial charge in [0.1, 0.15) is 0 Å². The van der Waals surface area contributed by atoms with E-state index in [9.17, 15) is 4.79 Å². The summed E-state index contributed by atoms with van der Waals surface area (Å²) in [4.78, 5) is 12.3. The molecule has 1 N–H and O–H groups in total. The van der Waals surface area contributed by atoms with Crippen LogP contribution < -0.4 is 5.32 Å². The van der Waals surface area contributed by atoms with Gasteiger partial charge in [0, 0.05) is 12.5 Å². The van der Waals surface area contributed by atoms with Crippen molar-refractivity contribution >= 4 is 5.91 Å². The number of nitrogens with one attached hydrogen (secondary N) is 1. The fraction of sp³-hybridized carbons (Fsp3) is 0.950. The number of rotatable bonds is 3. The van der Waals surface area contributed by atoms with E-state index < -0.39 is 0 Å². The summed E-state index contributed by atoms with van der Waals surface area (Å²) >= 11 is 0. The monoisotopic (exact) mass is 307 g/mol. The highest BCUT2D eigenvalue weighted by Gasteiger charge is 2.19. The molecule has 0 aromatic heterocycles. The largest absolute Gasteiger partial charge is 0.353 e. The first kappa shape index (κ1) is 17.8. The number of hydrogen-bond acceptors (Lipinski definition) is 1. The molecular formula is C20H37NO. The minimum atomic E-state index is 0.337. The molecule has 128 valence electrons. The Kier molecular flexibility index (Phi) is 8.97. The fourth-order valence-corrected chi connectivity index (χ4v) is 4.25. The molecule has 0 spiro atoms. The summed E-state index contributed by atoms with van der Waals surface area (Å²) in [6, 6.07) is 0.454. The third kappa shape index (κ3) is 7.65. The maximum absolute atomic E-state index is 12.3. The number of hydrogen-bond donors (Lipinski definition) is 1. The van der Waals surface area contributed by atoms with Gasteiger partial charge in [0.25, 0.3) is 0 Å². The summed E-state index contributed by atoms with van der Waals surface area (Å²) < 4.78 is 0. The zero-order valence-electron chi connectivity index (χ0n) is 14.6. The smallest absolute Gasteiger partial charge is 0.220 e. The van der Waals surface area contributed by atoms with Gasteiger partial charge in [0.05, 0.1) is 0 Å². The Morgan fingerprint density at radius 3 is 1.59 bits per heavy atom. The van der Waals surface area contributed by atoms with Crippen LogP contribution in [-0.2, 0) is 4.79 Å². The predicted molar refractivity (Wildman–Crippen MR) is 93.9 cm³/mol. The van der Waals surface area contributed by atoms with Gasteiger partial charge in [-0.1, -0.05) is 77.0 Å². The van der Waals surface area contributed by atoms with Crippen molar-refractivity contribution in [3.63, 3.8) is 0 Å². The van der Waals surface area contributed by atoms with Crippen LogP contribution >= 0.6 is 0 Å². The zero-order chi connectivity index (χ0) is 15.5. The predicted octanol–water partition coefficient (Wildman–Crippen LogP) is 5.75. The Morgan fingerprint density at radius 2 is 1.05 bits per heavy atom. The van der Waals surface area contributed by atoms with E-state index in [1.54, 1.807) is 0 Å². The van der Waals surface area contributed by atoms with E-state index in [1.165, 1.54) is 103 Å². The SMILES string of the molecule is O=C(CC1CCCCC1)NC1CCCCCCCCCCC1. The maximum atomic E-state index is 12.3. The molecule has 0 atom stereocenters. The molecule has 0 aromatic carbocycles. The van der Waals surface area contributed by atoms with Crippen LogP contribution in [-0.4, -0.2) is 11.9 Å². The quantitative estimate of drug-likeness (QED) is 0.707. The van der Waals surface area contributed by atoms with Gasteiger partial charge in [-0.15, -0.1) is 0 Å². The summed E-state index contributed by atoms with van der Waals surface area (Å²) in [5.41, 5.74) is 0. The zero-order valence-corrected chi connectivity index (χ0v) is 14.6. The minimum Gasteiger partial charge on any atom is -0.353 e. The van der Waals surface area contributed by atoms with Gasteiger partial charge in [-0.3, -0.25) is 4.79 Å². The van der Waals surface area contributed by atoms with Gasteiger partial charge in [-0.05, 0) is 31.6 Å². The van der Waals surface area contributed by atoms with Crippen molar-refractivity contribution in [3.05, 3.63) is 0 Å². The minimum absolute atomic E-state index is 0.337. The molecule has 0 heterocycles. The molecule has 0 aromatic rings. The molecule has 2 nitrogen and oxygen atoms in total. The third-order valence-electron chi connectivity index (χ3n) is 5.67. The van der Waals surface area contributed by atoms with Gasteiger partial charge in [-0.2, -0.15) is 0 Å². The Hall–Kier alpha value is -0.530. The lowest BCUT2D eigenvalue weighted by molar-refractivity contribution is -0.123. The molecule has 0 unspecified atom stereocenters. The number of amides is 1. The molecule has 0 bridgehead atoms. The summed E-state index contributed by atoms with van der Waals surface area (Å²) in [5.74, 6) is 1.00. The highest BCUT2D eigenvalue weighted by atomic mass is 16.1. The Morgan fingerprint density at radius 1 is 0.636 bits per heavy atom. The molecule has 0 saturated heterocycles. The van der Waals surface area contributed by atoms with E-state index in [1.807, 2.05) is 0 Å². The molecule has 2 heteroatoms. The van der Waals surface area contributed by atoms with Crippen molar-refractivity contribution in [2.45, 2.75) is 115 Å². The summed E-state index contributed by atoms with van der Waals surface area (Å²) in [5, 5.41) is 3.38. The lowest BCUT2D eigenvalue weighted by atomic mass is 9.86. The number of carbonyl (C=O) groups excluding carboxylic acids is 1. The van der Waals surface area contributed by atoms with E-state index in [4.69, 9.17) is 0 Å². The van der Waals surface area contributed by atoms with Crippen LogP contribution in [0.5, 0.6) is 0 Å². The molecule has 0 radical (unpaired) electrons. The van der Waals surface area contributed by atoms with Crippen molar-refractivity contribution in [2.24, 2.45) is 5.92 Å². The van der Waals surface area contributed by atoms with Crippen molar-refractivity contribution < 1.29 is 4.79 Å². The standard InChI is InChI=1S/C20H37NO/c22-20(17-18-13-9-8-10-14-18)21-19-15-11-6-4-2-1-3-5-7-12-16-19/h18-19H,1-17H2,(H,21,22). The molecule has 2 saturated carbocycles. The van der Waals surface area contributed by atoms with E-state index in [-0.39, 0.29) is 0 Å². The summed E-state index contributed by atoms with van der Waals surface area (Å²) in [6.45, 7) is 0. The first-order valence-electron chi connectivity index (χ1n) is 10.1. The van der Waals surface area contributed by atoms with Crippen molar-refractivity contribution in [2.75, 3.05) is 0 Å². The molecule has 2 aliphatic carbocycles. The lowest BCUT2D eigenvalue weighted by Crippen LogP contribution is -2.36. The van der Waals surface area contributed by atoms with Gasteiger partial charge in [0.2, 0.25) is 5.91 Å². The highest BCUT2D eigenvalue weighted by Crippen LogP contribution is 2.26. The molecule has 22 heavy (non-hydrogen) atoms. The van der Waals surface area contributed by atoms with Gasteiger partial charge in [-0.25, -0.2) is 0 Å². The van der Waals surface area contributed by atoms with Gasteiger partial charge in [0.15, 0.2) is 0 Å². The van der Waals surface area contributed by atoms with Gasteiger partial charge < -0.3 is 5.32 Å². The van der Waals surface area contributed by atoms with Crippen LogP contribution in [0.3, 0.4) is 0 Å². The van der Waals surface area contributed by atoms with Crippen molar-refractivity contribution in [1.29, 1.82) is 0 Å². The topological polar surface area (TPSA) is 29.1 Å². The highest BCUT2D eigenvalue weighted by molar-refractivity contribution is 5.76. The van der Waals surface area contributed by atoms with Crippen LogP contribution in [0.4, 0.5) is 0 Å². The fourth-order valence-electron chi connectivity index (χ4n) is 4.25. The van der Waals surface area contributed by atoms with Crippen LogP contribution in [0, 0.1) is 5.92 Å². The van der Waals surface area contributed by atoms with E-state index in [0.717, 1.165) is 6.42 Å².